The second-order valence-corrected chi connectivity index (χ2v) is 4.75. The molecule has 0 unspecified atom stereocenters. The molecule has 0 saturated heterocycles. The van der Waals surface area contributed by atoms with Gasteiger partial charge in [0.15, 0.2) is 0 Å². The molecule has 1 N–H and O–H groups in total. The van der Waals surface area contributed by atoms with E-state index in [-0.39, 0.29) is 5.69 Å². The number of nitrogens with zero attached hydrogens (tertiary/aromatic N) is 3. The normalized spacial score (nSPS) is 10.7. The largest absolute Gasteiger partial charge is 0.411 e. The predicted molar refractivity (Wildman–Crippen MR) is 74.0 cm³/mol. The Bertz CT molecular complexity index is 617. The monoisotopic (exact) mass is 275 g/mol. The topological polar surface area (TPSA) is 81.2 Å². The third kappa shape index (κ3) is 2.79. The summed E-state index contributed by atoms with van der Waals surface area (Å²) in [4.78, 5) is 11.1. The highest BCUT2D eigenvalue weighted by molar-refractivity contribution is 5.37. The number of hydrogen-bond acceptors (Lipinski definition) is 4. The number of nitro benzene ring substituents is 1. The van der Waals surface area contributed by atoms with E-state index in [4.69, 9.17) is 0 Å². The third-order valence-corrected chi connectivity index (χ3v) is 3.32. The maximum Gasteiger partial charge on any atom is 0.269 e. The van der Waals surface area contributed by atoms with E-state index in [2.05, 4.69) is 12.0 Å². The van der Waals surface area contributed by atoms with Crippen LogP contribution in [0.1, 0.15) is 35.9 Å². The first-order valence-corrected chi connectivity index (χ1v) is 6.53. The van der Waals surface area contributed by atoms with Gasteiger partial charge < -0.3 is 5.21 Å². The van der Waals surface area contributed by atoms with Crippen LogP contribution in [-0.2, 0) is 12.8 Å². The van der Waals surface area contributed by atoms with Crippen molar-refractivity contribution in [2.75, 3.05) is 0 Å². The molecule has 106 valence electrons. The van der Waals surface area contributed by atoms with Crippen LogP contribution in [0.2, 0.25) is 0 Å². The van der Waals surface area contributed by atoms with Gasteiger partial charge in [0.25, 0.3) is 5.69 Å². The Kier molecular flexibility index (Phi) is 4.02. The molecule has 6 nitrogen and oxygen atoms in total. The molecule has 0 radical (unpaired) electrons. The molecule has 1 heterocycles. The molecule has 0 fully saturated rings. The van der Waals surface area contributed by atoms with Crippen molar-refractivity contribution in [2.45, 2.75) is 33.1 Å². The average Bonchev–Trinajstić information content (AvgIpc) is 2.68. The number of benzene rings is 1. The van der Waals surface area contributed by atoms with Gasteiger partial charge in [0.1, 0.15) is 0 Å². The standard InChI is InChI=1S/C14H17N3O3/c1-3-4-14-13(10(2)16(18)15-14)9-11-5-7-12(8-6-11)17(19)20/h5-8,18H,3-4,9H2,1-2H3. The van der Waals surface area contributed by atoms with E-state index in [0.717, 1.165) is 34.5 Å². The van der Waals surface area contributed by atoms with Gasteiger partial charge in [-0.05, 0) is 18.9 Å². The smallest absolute Gasteiger partial charge is 0.269 e. The van der Waals surface area contributed by atoms with Crippen LogP contribution in [-0.4, -0.2) is 20.1 Å². The maximum atomic E-state index is 10.6. The van der Waals surface area contributed by atoms with Crippen LogP contribution < -0.4 is 0 Å². The summed E-state index contributed by atoms with van der Waals surface area (Å²) < 4.78 is 0. The van der Waals surface area contributed by atoms with Crippen molar-refractivity contribution in [1.82, 2.24) is 9.94 Å². The quantitative estimate of drug-likeness (QED) is 0.517. The van der Waals surface area contributed by atoms with E-state index in [0.29, 0.717) is 12.1 Å². The van der Waals surface area contributed by atoms with E-state index in [9.17, 15) is 15.3 Å². The van der Waals surface area contributed by atoms with Crippen LogP contribution in [0.25, 0.3) is 0 Å². The maximum absolute atomic E-state index is 10.6. The van der Waals surface area contributed by atoms with Gasteiger partial charge in [-0.25, -0.2) is 0 Å². The van der Waals surface area contributed by atoms with Crippen LogP contribution >= 0.6 is 0 Å². The Balaban J connectivity index is 2.27. The van der Waals surface area contributed by atoms with E-state index in [1.807, 2.05) is 6.92 Å². The molecule has 20 heavy (non-hydrogen) atoms. The lowest BCUT2D eigenvalue weighted by molar-refractivity contribution is -0.384. The van der Waals surface area contributed by atoms with Gasteiger partial charge in [0.05, 0.1) is 16.3 Å². The molecule has 6 heteroatoms. The predicted octanol–water partition coefficient (Wildman–Crippen LogP) is 2.88. The fraction of sp³-hybridized carbons (Fsp3) is 0.357. The van der Waals surface area contributed by atoms with Crippen LogP contribution in [0, 0.1) is 17.0 Å². The highest BCUT2D eigenvalue weighted by Gasteiger charge is 2.14. The first-order chi connectivity index (χ1) is 9.52. The van der Waals surface area contributed by atoms with E-state index < -0.39 is 4.92 Å². The van der Waals surface area contributed by atoms with Crippen LogP contribution in [0.5, 0.6) is 0 Å². The average molecular weight is 275 g/mol. The molecule has 0 aliphatic rings. The van der Waals surface area contributed by atoms with Gasteiger partial charge in [-0.15, -0.1) is 9.94 Å². The van der Waals surface area contributed by atoms with E-state index in [1.165, 1.54) is 12.1 Å². The Morgan fingerprint density at radius 1 is 1.35 bits per heavy atom. The first kappa shape index (κ1) is 14.0. The minimum Gasteiger partial charge on any atom is -0.411 e. The zero-order valence-electron chi connectivity index (χ0n) is 11.5. The molecular weight excluding hydrogens is 258 g/mol. The van der Waals surface area contributed by atoms with Crippen molar-refractivity contribution in [3.8, 4) is 0 Å². The highest BCUT2D eigenvalue weighted by atomic mass is 16.6. The lowest BCUT2D eigenvalue weighted by Gasteiger charge is -2.03. The van der Waals surface area contributed by atoms with Gasteiger partial charge in [-0.1, -0.05) is 25.5 Å². The number of non-ortho nitro benzene ring substituents is 1. The van der Waals surface area contributed by atoms with Gasteiger partial charge >= 0.3 is 0 Å². The Morgan fingerprint density at radius 3 is 2.55 bits per heavy atom. The Morgan fingerprint density at radius 2 is 2.00 bits per heavy atom. The van der Waals surface area contributed by atoms with Gasteiger partial charge in [0.2, 0.25) is 0 Å². The number of hydrogen-bond donors (Lipinski definition) is 1. The van der Waals surface area contributed by atoms with Crippen molar-refractivity contribution in [2.24, 2.45) is 0 Å². The second kappa shape index (κ2) is 5.73. The van der Waals surface area contributed by atoms with Gasteiger partial charge in [-0.2, -0.15) is 0 Å². The Hall–Kier alpha value is -2.37. The highest BCUT2D eigenvalue weighted by Crippen LogP contribution is 2.20. The van der Waals surface area contributed by atoms with Crippen molar-refractivity contribution in [3.63, 3.8) is 0 Å². The summed E-state index contributed by atoms with van der Waals surface area (Å²) in [6, 6.07) is 6.46. The Labute approximate surface area is 116 Å². The minimum absolute atomic E-state index is 0.0807. The fourth-order valence-electron chi connectivity index (χ4n) is 2.19. The molecule has 1 aromatic carbocycles. The summed E-state index contributed by atoms with van der Waals surface area (Å²) in [5.74, 6) is 0. The fourth-order valence-corrected chi connectivity index (χ4v) is 2.19. The van der Waals surface area contributed by atoms with E-state index >= 15 is 0 Å². The van der Waals surface area contributed by atoms with Crippen LogP contribution in [0.4, 0.5) is 5.69 Å². The summed E-state index contributed by atoms with van der Waals surface area (Å²) >= 11 is 0. The number of nitro groups is 1. The summed E-state index contributed by atoms with van der Waals surface area (Å²) in [7, 11) is 0. The lowest BCUT2D eigenvalue weighted by Crippen LogP contribution is -1.97. The molecule has 2 aromatic rings. The zero-order chi connectivity index (χ0) is 14.7. The number of aromatic nitrogens is 2. The summed E-state index contributed by atoms with van der Waals surface area (Å²) in [6.07, 6.45) is 2.36. The van der Waals surface area contributed by atoms with Crippen molar-refractivity contribution in [1.29, 1.82) is 0 Å². The molecule has 0 amide bonds. The van der Waals surface area contributed by atoms with Crippen LogP contribution in [0.15, 0.2) is 24.3 Å². The van der Waals surface area contributed by atoms with E-state index in [1.54, 1.807) is 12.1 Å². The van der Waals surface area contributed by atoms with Gasteiger partial charge in [-0.3, -0.25) is 10.1 Å². The summed E-state index contributed by atoms with van der Waals surface area (Å²) in [5.41, 5.74) is 3.63. The molecule has 0 aliphatic carbocycles. The number of rotatable bonds is 5. The lowest BCUT2D eigenvalue weighted by atomic mass is 10.0. The molecule has 1 aromatic heterocycles. The SMILES string of the molecule is CCCc1nn(O)c(C)c1Cc1ccc([N+](=O)[O-])cc1. The van der Waals surface area contributed by atoms with Crippen molar-refractivity contribution < 1.29 is 10.1 Å². The number of aryl methyl sites for hydroxylation is 1. The minimum atomic E-state index is -0.413. The van der Waals surface area contributed by atoms with Crippen LogP contribution in [0.3, 0.4) is 0 Å². The summed E-state index contributed by atoms with van der Waals surface area (Å²) in [5, 5.41) is 24.4. The summed E-state index contributed by atoms with van der Waals surface area (Å²) in [6.45, 7) is 3.87. The van der Waals surface area contributed by atoms with Crippen molar-refractivity contribution >= 4 is 5.69 Å². The van der Waals surface area contributed by atoms with Gasteiger partial charge in [0, 0.05) is 24.1 Å². The molecule has 0 bridgehead atoms. The molecule has 0 spiro atoms. The third-order valence-electron chi connectivity index (χ3n) is 3.32. The second-order valence-electron chi connectivity index (χ2n) is 4.75. The van der Waals surface area contributed by atoms with Crippen molar-refractivity contribution in [3.05, 3.63) is 56.9 Å². The molecule has 0 saturated carbocycles. The molecule has 0 atom stereocenters. The first-order valence-electron chi connectivity index (χ1n) is 6.53. The molecule has 0 aliphatic heterocycles. The zero-order valence-corrected chi connectivity index (χ0v) is 11.5. The molecular formula is C14H17N3O3. The molecule has 2 rings (SSSR count).